The van der Waals surface area contributed by atoms with Gasteiger partial charge < -0.3 is 4.74 Å². The second kappa shape index (κ2) is 9.99. The van der Waals surface area contributed by atoms with Crippen LogP contribution in [0.5, 0.6) is 0 Å². The number of benzene rings is 2. The van der Waals surface area contributed by atoms with Crippen LogP contribution in [0.4, 0.5) is 0 Å². The monoisotopic (exact) mass is 519 g/mol. The van der Waals surface area contributed by atoms with Crippen LogP contribution in [-0.2, 0) is 14.3 Å². The van der Waals surface area contributed by atoms with E-state index in [9.17, 15) is 9.59 Å². The maximum atomic E-state index is 13.6. The van der Waals surface area contributed by atoms with Crippen LogP contribution in [0, 0.1) is 5.92 Å². The van der Waals surface area contributed by atoms with E-state index in [-0.39, 0.29) is 29.7 Å². The molecule has 1 aliphatic heterocycles. The van der Waals surface area contributed by atoms with Crippen molar-refractivity contribution < 1.29 is 14.3 Å². The molecule has 5 rings (SSSR count). The lowest BCUT2D eigenvalue weighted by atomic mass is 9.69. The molecule has 5 heteroatoms. The molecule has 2 aliphatic carbocycles. The van der Waals surface area contributed by atoms with Gasteiger partial charge in [-0.05, 0) is 68.2 Å². The summed E-state index contributed by atoms with van der Waals surface area (Å²) in [5.41, 5.74) is 4.40. The molecule has 2 aromatic carbocycles. The van der Waals surface area contributed by atoms with Crippen molar-refractivity contribution in [1.82, 2.24) is 0 Å². The molecule has 0 N–H and O–H groups in total. The molecule has 0 spiro atoms. The third-order valence-electron chi connectivity index (χ3n) is 7.48. The minimum absolute atomic E-state index is 0.0282. The molecule has 1 unspecified atom stereocenters. The number of allylic oxidation sites excluding steroid dienone is 2. The third kappa shape index (κ3) is 4.68. The second-order valence-electron chi connectivity index (χ2n) is 9.76. The third-order valence-corrected chi connectivity index (χ3v) is 8.01. The fraction of sp³-hybridized carbons (Fsp3) is 0.414. The van der Waals surface area contributed by atoms with Gasteiger partial charge in [-0.25, -0.2) is 0 Å². The summed E-state index contributed by atoms with van der Waals surface area (Å²) in [4.78, 5) is 32.1. The molecule has 0 radical (unpaired) electrons. The van der Waals surface area contributed by atoms with Crippen LogP contribution in [0.1, 0.15) is 74.8 Å². The lowest BCUT2D eigenvalue weighted by molar-refractivity contribution is -0.153. The van der Waals surface area contributed by atoms with E-state index in [0.29, 0.717) is 18.4 Å². The first kappa shape index (κ1) is 23.2. The molecule has 3 atom stereocenters. The maximum Gasteiger partial charge on any atom is 0.315 e. The Labute approximate surface area is 209 Å². The lowest BCUT2D eigenvalue weighted by Gasteiger charge is -2.37. The first-order valence-electron chi connectivity index (χ1n) is 12.3. The number of ether oxygens (including phenoxy) is 1. The molecule has 0 amide bonds. The molecule has 1 heterocycles. The van der Waals surface area contributed by atoms with Gasteiger partial charge >= 0.3 is 5.97 Å². The molecule has 2 aromatic rings. The number of halogens is 1. The summed E-state index contributed by atoms with van der Waals surface area (Å²) in [6, 6.07) is 18.2. The van der Waals surface area contributed by atoms with E-state index < -0.39 is 5.92 Å². The standard InChI is InChI=1S/C29H30BrNO3/c1-18-26(29(33)34-23-10-6-3-7-11-23)27(20-12-14-22(30)15-13-20)28-24(31-18)16-21(17-25(28)32)19-8-4-2-5-9-19/h2,4-5,8-9,12-15,21,23,26-27H,3,6-7,10-11,16-17H2,1H3/t21-,26?,27+/m1/s1. The first-order chi connectivity index (χ1) is 16.5. The molecule has 34 heavy (non-hydrogen) atoms. The molecular weight excluding hydrogens is 490 g/mol. The van der Waals surface area contributed by atoms with Gasteiger partial charge in [-0.15, -0.1) is 0 Å². The second-order valence-corrected chi connectivity index (χ2v) is 10.7. The predicted octanol–water partition coefficient (Wildman–Crippen LogP) is 6.90. The first-order valence-corrected chi connectivity index (χ1v) is 13.1. The Morgan fingerprint density at radius 3 is 2.35 bits per heavy atom. The summed E-state index contributed by atoms with van der Waals surface area (Å²) in [5.74, 6) is -0.972. The van der Waals surface area contributed by atoms with Crippen LogP contribution >= 0.6 is 15.9 Å². The van der Waals surface area contributed by atoms with Crippen LogP contribution in [0.15, 0.2) is 75.3 Å². The van der Waals surface area contributed by atoms with E-state index in [4.69, 9.17) is 9.73 Å². The fourth-order valence-electron chi connectivity index (χ4n) is 5.78. The number of hydrogen-bond acceptors (Lipinski definition) is 4. The zero-order valence-electron chi connectivity index (χ0n) is 19.5. The zero-order valence-corrected chi connectivity index (χ0v) is 21.1. The minimum atomic E-state index is -0.570. The number of carbonyl (C=O) groups excluding carboxylic acids is 2. The van der Waals surface area contributed by atoms with Crippen molar-refractivity contribution in [3.63, 3.8) is 0 Å². The van der Waals surface area contributed by atoms with Crippen LogP contribution in [0.25, 0.3) is 0 Å². The highest BCUT2D eigenvalue weighted by atomic mass is 79.9. The summed E-state index contributed by atoms with van der Waals surface area (Å²) in [7, 11) is 0. The van der Waals surface area contributed by atoms with E-state index in [0.717, 1.165) is 52.7 Å². The Morgan fingerprint density at radius 1 is 0.941 bits per heavy atom. The topological polar surface area (TPSA) is 55.7 Å². The summed E-state index contributed by atoms with van der Waals surface area (Å²) < 4.78 is 6.98. The van der Waals surface area contributed by atoms with Gasteiger partial charge in [0.15, 0.2) is 5.78 Å². The number of esters is 1. The molecular formula is C29H30BrNO3. The number of ketones is 1. The molecule has 0 saturated heterocycles. The van der Waals surface area contributed by atoms with Crippen LogP contribution in [0.2, 0.25) is 0 Å². The van der Waals surface area contributed by atoms with Crippen LogP contribution in [0.3, 0.4) is 0 Å². The Balaban J connectivity index is 1.52. The normalized spacial score (nSPS) is 25.5. The highest BCUT2D eigenvalue weighted by Gasteiger charge is 2.45. The number of Topliss-reactive ketones (excluding diaryl/α,β-unsaturated/α-hetero) is 1. The van der Waals surface area contributed by atoms with Crippen molar-refractivity contribution in [3.05, 3.63) is 81.5 Å². The highest BCUT2D eigenvalue weighted by molar-refractivity contribution is 9.10. The van der Waals surface area contributed by atoms with Gasteiger partial charge in [0.05, 0.1) is 0 Å². The van der Waals surface area contributed by atoms with Crippen molar-refractivity contribution >= 4 is 33.4 Å². The SMILES string of the molecule is CC1=NC2=C(C(=O)C[C@H](c3ccccc3)C2)[C@@H](c2ccc(Br)cc2)C1C(=O)OC1CCCCC1. The summed E-state index contributed by atoms with van der Waals surface area (Å²) >= 11 is 3.51. The van der Waals surface area contributed by atoms with Gasteiger partial charge in [-0.3, -0.25) is 14.6 Å². The Kier molecular flexibility index (Phi) is 6.82. The van der Waals surface area contributed by atoms with E-state index in [1.54, 1.807) is 0 Å². The van der Waals surface area contributed by atoms with Crippen LogP contribution in [-0.4, -0.2) is 23.6 Å². The predicted molar refractivity (Wildman–Crippen MR) is 137 cm³/mol. The number of carbonyl (C=O) groups is 2. The molecule has 3 aliphatic rings. The number of rotatable bonds is 4. The van der Waals surface area contributed by atoms with Crippen molar-refractivity contribution in [2.75, 3.05) is 0 Å². The minimum Gasteiger partial charge on any atom is -0.462 e. The quantitative estimate of drug-likeness (QED) is 0.412. The van der Waals surface area contributed by atoms with Gasteiger partial charge in [-0.1, -0.05) is 64.8 Å². The van der Waals surface area contributed by atoms with Crippen molar-refractivity contribution in [1.29, 1.82) is 0 Å². The summed E-state index contributed by atoms with van der Waals surface area (Å²) in [6.45, 7) is 1.92. The van der Waals surface area contributed by atoms with E-state index in [2.05, 4.69) is 28.1 Å². The molecule has 176 valence electrons. The molecule has 1 saturated carbocycles. The molecule has 0 aromatic heterocycles. The van der Waals surface area contributed by atoms with Crippen molar-refractivity contribution in [3.8, 4) is 0 Å². The van der Waals surface area contributed by atoms with E-state index in [1.807, 2.05) is 49.4 Å². The van der Waals surface area contributed by atoms with Crippen molar-refractivity contribution in [2.45, 2.75) is 69.8 Å². The number of hydrogen-bond donors (Lipinski definition) is 0. The van der Waals surface area contributed by atoms with E-state index in [1.165, 1.54) is 6.42 Å². The van der Waals surface area contributed by atoms with Gasteiger partial charge in [0.2, 0.25) is 0 Å². The Morgan fingerprint density at radius 2 is 1.65 bits per heavy atom. The molecule has 4 nitrogen and oxygen atoms in total. The van der Waals surface area contributed by atoms with Gasteiger partial charge in [-0.2, -0.15) is 0 Å². The average Bonchev–Trinajstić information content (AvgIpc) is 2.84. The Bertz CT molecular complexity index is 1130. The zero-order chi connectivity index (χ0) is 23.7. The van der Waals surface area contributed by atoms with Gasteiger partial charge in [0, 0.05) is 33.8 Å². The summed E-state index contributed by atoms with van der Waals surface area (Å²) in [6.07, 6.45) is 6.36. The van der Waals surface area contributed by atoms with Crippen LogP contribution < -0.4 is 0 Å². The maximum absolute atomic E-state index is 13.6. The largest absolute Gasteiger partial charge is 0.462 e. The molecule has 1 fully saturated rings. The molecule has 0 bridgehead atoms. The fourth-order valence-corrected chi connectivity index (χ4v) is 6.04. The average molecular weight is 520 g/mol. The van der Waals surface area contributed by atoms with Crippen molar-refractivity contribution in [2.24, 2.45) is 10.9 Å². The van der Waals surface area contributed by atoms with Gasteiger partial charge in [0.25, 0.3) is 0 Å². The lowest BCUT2D eigenvalue weighted by Crippen LogP contribution is -2.39. The number of nitrogens with zero attached hydrogens (tertiary/aromatic N) is 1. The smallest absolute Gasteiger partial charge is 0.315 e. The van der Waals surface area contributed by atoms with Gasteiger partial charge in [0.1, 0.15) is 12.0 Å². The van der Waals surface area contributed by atoms with E-state index >= 15 is 0 Å². The number of aliphatic imine (C=N–C) groups is 1. The summed E-state index contributed by atoms with van der Waals surface area (Å²) in [5, 5.41) is 0. The highest BCUT2D eigenvalue weighted by Crippen LogP contribution is 2.47. The Hall–Kier alpha value is -2.53.